The molecule has 0 unspecified atom stereocenters. The molecule has 3 aromatic rings. The third-order valence-electron chi connectivity index (χ3n) is 5.03. The maximum absolute atomic E-state index is 12.2. The Morgan fingerprint density at radius 2 is 2.06 bits per heavy atom. The van der Waals surface area contributed by atoms with Crippen molar-refractivity contribution in [2.75, 3.05) is 36.9 Å². The Bertz CT molecular complexity index is 1100. The number of thioether (sulfide) groups is 1. The van der Waals surface area contributed by atoms with Gasteiger partial charge in [0.2, 0.25) is 0 Å². The lowest BCUT2D eigenvalue weighted by Gasteiger charge is -2.17. The predicted molar refractivity (Wildman–Crippen MR) is 128 cm³/mol. The largest absolute Gasteiger partial charge is 0.482 e. The van der Waals surface area contributed by atoms with Gasteiger partial charge < -0.3 is 15.0 Å². The molecular formula is C21H24Cl2N6O2S. The van der Waals surface area contributed by atoms with Gasteiger partial charge in [-0.1, -0.05) is 41.9 Å². The smallest absolute Gasteiger partial charge is 0.258 e. The standard InChI is InChI=1S/C21H24Cl2N6O2S/c1-2-32-21-26-19(28-8-3-4-9-28)15-12-25-29(20(15)27-21)10-7-24-18(30)13-31-17-6-5-14(22)11-16(17)23/h5-6,11-12H,2-4,7-10,13H2,1H3,(H,24,30). The molecule has 1 fully saturated rings. The summed E-state index contributed by atoms with van der Waals surface area (Å²) in [6.07, 6.45) is 4.16. The second-order valence-corrected chi connectivity index (χ2v) is 9.35. The van der Waals surface area contributed by atoms with Gasteiger partial charge in [0, 0.05) is 24.7 Å². The van der Waals surface area contributed by atoms with Crippen LogP contribution in [-0.2, 0) is 11.3 Å². The van der Waals surface area contributed by atoms with Crippen molar-refractivity contribution < 1.29 is 9.53 Å². The molecule has 0 bridgehead atoms. The van der Waals surface area contributed by atoms with Crippen LogP contribution in [0.2, 0.25) is 10.0 Å². The second kappa shape index (κ2) is 10.6. The van der Waals surface area contributed by atoms with Gasteiger partial charge in [0.25, 0.3) is 5.91 Å². The van der Waals surface area contributed by atoms with Crippen molar-refractivity contribution in [3.05, 3.63) is 34.4 Å². The third kappa shape index (κ3) is 5.39. The Morgan fingerprint density at radius 1 is 1.25 bits per heavy atom. The molecule has 0 radical (unpaired) electrons. The highest BCUT2D eigenvalue weighted by atomic mass is 35.5. The Morgan fingerprint density at radius 3 is 2.81 bits per heavy atom. The summed E-state index contributed by atoms with van der Waals surface area (Å²) in [4.78, 5) is 24.0. The van der Waals surface area contributed by atoms with Crippen LogP contribution >= 0.6 is 35.0 Å². The fourth-order valence-corrected chi connectivity index (χ4v) is 4.56. The van der Waals surface area contributed by atoms with Crippen LogP contribution in [0.15, 0.2) is 29.6 Å². The Labute approximate surface area is 200 Å². The van der Waals surface area contributed by atoms with Crippen LogP contribution in [-0.4, -0.2) is 57.6 Å². The Hall–Kier alpha value is -2.23. The van der Waals surface area contributed by atoms with E-state index in [4.69, 9.17) is 37.9 Å². The summed E-state index contributed by atoms with van der Waals surface area (Å²) in [7, 11) is 0. The molecule has 1 aliphatic rings. The van der Waals surface area contributed by atoms with E-state index in [1.54, 1.807) is 30.0 Å². The molecular weight excluding hydrogens is 471 g/mol. The van der Waals surface area contributed by atoms with Gasteiger partial charge in [-0.15, -0.1) is 0 Å². The number of hydrogen-bond donors (Lipinski definition) is 1. The van der Waals surface area contributed by atoms with E-state index in [1.165, 1.54) is 12.8 Å². The Balaban J connectivity index is 1.39. The van der Waals surface area contributed by atoms with Crippen LogP contribution in [0.4, 0.5) is 5.82 Å². The first kappa shape index (κ1) is 22.9. The molecule has 1 saturated heterocycles. The van der Waals surface area contributed by atoms with Gasteiger partial charge in [0.05, 0.1) is 23.2 Å². The van der Waals surface area contributed by atoms with E-state index < -0.39 is 0 Å². The van der Waals surface area contributed by atoms with E-state index >= 15 is 0 Å². The van der Waals surface area contributed by atoms with E-state index in [0.29, 0.717) is 28.9 Å². The molecule has 4 rings (SSSR count). The summed E-state index contributed by atoms with van der Waals surface area (Å²) in [6, 6.07) is 4.87. The van der Waals surface area contributed by atoms with Crippen molar-refractivity contribution in [1.82, 2.24) is 25.1 Å². The number of rotatable bonds is 9. The van der Waals surface area contributed by atoms with Crippen LogP contribution in [0.25, 0.3) is 11.0 Å². The fraction of sp³-hybridized carbons (Fsp3) is 0.429. The molecule has 1 aromatic carbocycles. The average Bonchev–Trinajstić information content (AvgIpc) is 3.44. The van der Waals surface area contributed by atoms with Crippen LogP contribution in [0.3, 0.4) is 0 Å². The van der Waals surface area contributed by atoms with Crippen molar-refractivity contribution in [3.63, 3.8) is 0 Å². The number of carbonyl (C=O) groups is 1. The van der Waals surface area contributed by atoms with Crippen molar-refractivity contribution in [3.8, 4) is 5.75 Å². The van der Waals surface area contributed by atoms with Crippen molar-refractivity contribution in [2.24, 2.45) is 0 Å². The van der Waals surface area contributed by atoms with Gasteiger partial charge in [-0.05, 0) is 36.8 Å². The van der Waals surface area contributed by atoms with Gasteiger partial charge in [0.15, 0.2) is 17.4 Å². The number of aromatic nitrogens is 4. The molecule has 11 heteroatoms. The molecule has 32 heavy (non-hydrogen) atoms. The first-order chi connectivity index (χ1) is 15.5. The normalized spacial score (nSPS) is 13.7. The van der Waals surface area contributed by atoms with E-state index in [9.17, 15) is 4.79 Å². The lowest BCUT2D eigenvalue weighted by atomic mass is 10.3. The maximum Gasteiger partial charge on any atom is 0.258 e. The van der Waals surface area contributed by atoms with E-state index in [-0.39, 0.29) is 12.5 Å². The van der Waals surface area contributed by atoms with Crippen LogP contribution in [0, 0.1) is 0 Å². The van der Waals surface area contributed by atoms with Gasteiger partial charge >= 0.3 is 0 Å². The molecule has 1 aliphatic heterocycles. The van der Waals surface area contributed by atoms with Crippen LogP contribution in [0.1, 0.15) is 19.8 Å². The van der Waals surface area contributed by atoms with E-state index in [1.807, 2.05) is 10.9 Å². The number of hydrogen-bond acceptors (Lipinski definition) is 7. The van der Waals surface area contributed by atoms with Crippen LogP contribution < -0.4 is 15.0 Å². The number of benzene rings is 1. The van der Waals surface area contributed by atoms with Gasteiger partial charge in [0.1, 0.15) is 11.6 Å². The first-order valence-corrected chi connectivity index (χ1v) is 12.2. The summed E-state index contributed by atoms with van der Waals surface area (Å²) in [6.45, 7) is 4.83. The minimum absolute atomic E-state index is 0.139. The molecule has 0 saturated carbocycles. The fourth-order valence-electron chi connectivity index (χ4n) is 3.54. The van der Waals surface area contributed by atoms with E-state index in [2.05, 4.69) is 22.2 Å². The number of amides is 1. The van der Waals surface area contributed by atoms with Gasteiger partial charge in [-0.25, -0.2) is 14.6 Å². The molecule has 1 amide bonds. The zero-order valence-electron chi connectivity index (χ0n) is 17.7. The summed E-state index contributed by atoms with van der Waals surface area (Å²) in [5, 5.41) is 9.92. The minimum atomic E-state index is -0.248. The number of ether oxygens (including phenoxy) is 1. The highest BCUT2D eigenvalue weighted by molar-refractivity contribution is 7.99. The summed E-state index contributed by atoms with van der Waals surface area (Å²) in [5.41, 5.74) is 0.788. The quantitative estimate of drug-likeness (QED) is 0.354. The van der Waals surface area contributed by atoms with E-state index in [0.717, 1.165) is 40.9 Å². The van der Waals surface area contributed by atoms with Crippen molar-refractivity contribution in [1.29, 1.82) is 0 Å². The highest BCUT2D eigenvalue weighted by Gasteiger charge is 2.20. The maximum atomic E-state index is 12.2. The van der Waals surface area contributed by atoms with Gasteiger partial charge in [-0.3, -0.25) is 4.79 Å². The van der Waals surface area contributed by atoms with Gasteiger partial charge in [-0.2, -0.15) is 5.10 Å². The molecule has 0 spiro atoms. The molecule has 3 heterocycles. The average molecular weight is 495 g/mol. The number of nitrogens with one attached hydrogen (secondary N) is 1. The lowest BCUT2D eigenvalue weighted by Crippen LogP contribution is -2.31. The molecule has 170 valence electrons. The number of anilines is 1. The summed E-state index contributed by atoms with van der Waals surface area (Å²) in [5.74, 6) is 2.01. The highest BCUT2D eigenvalue weighted by Crippen LogP contribution is 2.29. The SMILES string of the molecule is CCSc1nc(N2CCCC2)c2cnn(CCNC(=O)COc3ccc(Cl)cc3Cl)c2n1. The lowest BCUT2D eigenvalue weighted by molar-refractivity contribution is -0.123. The first-order valence-electron chi connectivity index (χ1n) is 10.5. The molecule has 0 aliphatic carbocycles. The molecule has 8 nitrogen and oxygen atoms in total. The second-order valence-electron chi connectivity index (χ2n) is 7.28. The van der Waals surface area contributed by atoms with Crippen molar-refractivity contribution in [2.45, 2.75) is 31.5 Å². The molecule has 2 aromatic heterocycles. The predicted octanol–water partition coefficient (Wildman–Crippen LogP) is 4.04. The number of nitrogens with zero attached hydrogens (tertiary/aromatic N) is 5. The zero-order chi connectivity index (χ0) is 22.5. The molecule has 0 atom stereocenters. The van der Waals surface area contributed by atoms with Crippen molar-refractivity contribution >= 4 is 57.7 Å². The van der Waals surface area contributed by atoms with Crippen LogP contribution in [0.5, 0.6) is 5.75 Å². The number of fused-ring (bicyclic) bond motifs is 1. The number of carbonyl (C=O) groups excluding carboxylic acids is 1. The Kier molecular flexibility index (Phi) is 7.59. The zero-order valence-corrected chi connectivity index (χ0v) is 20.0. The summed E-state index contributed by atoms with van der Waals surface area (Å²) >= 11 is 13.6. The number of halogens is 2. The third-order valence-corrected chi connectivity index (χ3v) is 6.29. The molecule has 1 N–H and O–H groups in total. The summed E-state index contributed by atoms with van der Waals surface area (Å²) < 4.78 is 7.29. The monoisotopic (exact) mass is 494 g/mol. The topological polar surface area (TPSA) is 85.2 Å². The minimum Gasteiger partial charge on any atom is -0.482 e.